The molecule has 1 saturated heterocycles. The minimum Gasteiger partial charge on any atom is -0.477 e. The zero-order valence-corrected chi connectivity index (χ0v) is 15.8. The summed E-state index contributed by atoms with van der Waals surface area (Å²) < 4.78 is 11.1. The first-order valence-corrected chi connectivity index (χ1v) is 9.79. The van der Waals surface area contributed by atoms with Crippen LogP contribution in [-0.4, -0.2) is 42.2 Å². The summed E-state index contributed by atoms with van der Waals surface area (Å²) in [6.45, 7) is 2.83. The maximum absolute atomic E-state index is 12.3. The van der Waals surface area contributed by atoms with Gasteiger partial charge in [-0.25, -0.2) is 4.98 Å². The topological polar surface area (TPSA) is 76.2 Å². The van der Waals surface area contributed by atoms with E-state index in [-0.39, 0.29) is 5.91 Å². The minimum absolute atomic E-state index is 0.122. The van der Waals surface area contributed by atoms with Crippen LogP contribution in [0.2, 0.25) is 0 Å². The number of amides is 1. The highest BCUT2D eigenvalue weighted by Crippen LogP contribution is 2.18. The fourth-order valence-corrected chi connectivity index (χ4v) is 3.47. The normalized spacial score (nSPS) is 14.9. The number of aromatic amines is 1. The lowest BCUT2D eigenvalue weighted by Crippen LogP contribution is -2.25. The molecule has 0 atom stereocenters. The molecular weight excluding hydrogens is 354 g/mol. The molecule has 146 valence electrons. The van der Waals surface area contributed by atoms with Gasteiger partial charge in [-0.15, -0.1) is 0 Å². The van der Waals surface area contributed by atoms with Crippen LogP contribution in [0.15, 0.2) is 48.8 Å². The van der Waals surface area contributed by atoms with Crippen LogP contribution in [0.1, 0.15) is 28.8 Å². The number of hydrogen-bond donors (Lipinski definition) is 2. The van der Waals surface area contributed by atoms with Gasteiger partial charge in [-0.1, -0.05) is 18.2 Å². The molecule has 3 aromatic rings. The Labute approximate surface area is 164 Å². The van der Waals surface area contributed by atoms with Crippen molar-refractivity contribution in [2.75, 3.05) is 26.4 Å². The zero-order chi connectivity index (χ0) is 19.2. The van der Waals surface area contributed by atoms with E-state index < -0.39 is 0 Å². The van der Waals surface area contributed by atoms with E-state index in [1.807, 2.05) is 18.3 Å². The Morgan fingerprint density at radius 3 is 2.89 bits per heavy atom. The number of nitrogens with zero attached hydrogens (tertiary/aromatic N) is 1. The number of hydrogen-bond acceptors (Lipinski definition) is 4. The number of fused-ring (bicyclic) bond motifs is 1. The summed E-state index contributed by atoms with van der Waals surface area (Å²) in [7, 11) is 0. The Morgan fingerprint density at radius 1 is 1.21 bits per heavy atom. The van der Waals surface area contributed by atoms with Crippen molar-refractivity contribution in [1.82, 2.24) is 15.3 Å². The number of rotatable bonds is 7. The Balaban J connectivity index is 1.25. The van der Waals surface area contributed by atoms with Gasteiger partial charge in [-0.2, -0.15) is 0 Å². The Morgan fingerprint density at radius 2 is 2.07 bits per heavy atom. The number of benzene rings is 1. The van der Waals surface area contributed by atoms with Gasteiger partial charge in [0.25, 0.3) is 5.91 Å². The van der Waals surface area contributed by atoms with Crippen molar-refractivity contribution in [3.8, 4) is 5.88 Å². The molecule has 3 heterocycles. The first-order valence-electron chi connectivity index (χ1n) is 9.79. The average molecular weight is 379 g/mol. The summed E-state index contributed by atoms with van der Waals surface area (Å²) in [5, 5.41) is 4.16. The van der Waals surface area contributed by atoms with E-state index in [1.165, 1.54) is 10.9 Å². The van der Waals surface area contributed by atoms with Crippen molar-refractivity contribution >= 4 is 16.8 Å². The number of carbonyl (C=O) groups excluding carboxylic acids is 1. The van der Waals surface area contributed by atoms with Gasteiger partial charge < -0.3 is 19.8 Å². The molecule has 28 heavy (non-hydrogen) atoms. The highest BCUT2D eigenvalue weighted by molar-refractivity contribution is 5.94. The van der Waals surface area contributed by atoms with Crippen LogP contribution in [0.3, 0.4) is 0 Å². The maximum Gasteiger partial charge on any atom is 0.252 e. The fourth-order valence-electron chi connectivity index (χ4n) is 3.47. The van der Waals surface area contributed by atoms with Gasteiger partial charge >= 0.3 is 0 Å². The molecule has 0 spiro atoms. The van der Waals surface area contributed by atoms with Crippen molar-refractivity contribution in [2.24, 2.45) is 5.92 Å². The number of ether oxygens (including phenoxy) is 2. The summed E-state index contributed by atoms with van der Waals surface area (Å²) in [5.41, 5.74) is 2.85. The van der Waals surface area contributed by atoms with Crippen molar-refractivity contribution in [2.45, 2.75) is 19.3 Å². The highest BCUT2D eigenvalue weighted by atomic mass is 16.5. The third kappa shape index (κ3) is 4.51. The molecule has 0 radical (unpaired) electrons. The maximum atomic E-state index is 12.3. The van der Waals surface area contributed by atoms with E-state index in [4.69, 9.17) is 9.47 Å². The van der Waals surface area contributed by atoms with Crippen LogP contribution in [-0.2, 0) is 11.2 Å². The Hall–Kier alpha value is -2.86. The molecule has 1 aliphatic heterocycles. The molecule has 6 nitrogen and oxygen atoms in total. The van der Waals surface area contributed by atoms with Gasteiger partial charge in [0.05, 0.1) is 12.2 Å². The Kier molecular flexibility index (Phi) is 5.87. The highest BCUT2D eigenvalue weighted by Gasteiger charge is 2.15. The second kappa shape index (κ2) is 8.89. The molecule has 0 saturated carbocycles. The molecule has 0 unspecified atom stereocenters. The van der Waals surface area contributed by atoms with Crippen molar-refractivity contribution < 1.29 is 14.3 Å². The monoisotopic (exact) mass is 379 g/mol. The lowest BCUT2D eigenvalue weighted by molar-refractivity contribution is 0.0490. The van der Waals surface area contributed by atoms with Gasteiger partial charge in [0.1, 0.15) is 0 Å². The molecule has 1 aromatic carbocycles. The van der Waals surface area contributed by atoms with E-state index in [0.717, 1.165) is 38.0 Å². The van der Waals surface area contributed by atoms with Crippen molar-refractivity contribution in [3.05, 3.63) is 59.9 Å². The quantitative estimate of drug-likeness (QED) is 0.660. The third-order valence-corrected chi connectivity index (χ3v) is 5.16. The van der Waals surface area contributed by atoms with Crippen LogP contribution in [0.5, 0.6) is 5.88 Å². The lowest BCUT2D eigenvalue weighted by Gasteiger charge is -2.21. The van der Waals surface area contributed by atoms with Gasteiger partial charge in [-0.05, 0) is 42.9 Å². The molecule has 1 fully saturated rings. The predicted molar refractivity (Wildman–Crippen MR) is 108 cm³/mol. The van der Waals surface area contributed by atoms with E-state index >= 15 is 0 Å². The van der Waals surface area contributed by atoms with E-state index in [1.54, 1.807) is 18.3 Å². The SMILES string of the molecule is O=C(NCCc1c[nH]c2ccccc12)c1ccc(OCC2CCOCC2)nc1. The molecular formula is C22H25N3O3. The Bertz CT molecular complexity index is 914. The summed E-state index contributed by atoms with van der Waals surface area (Å²) >= 11 is 0. The second-order valence-electron chi connectivity index (χ2n) is 7.12. The summed E-state index contributed by atoms with van der Waals surface area (Å²) in [4.78, 5) is 19.9. The van der Waals surface area contributed by atoms with E-state index in [9.17, 15) is 4.79 Å². The van der Waals surface area contributed by atoms with Crippen LogP contribution in [0, 0.1) is 5.92 Å². The van der Waals surface area contributed by atoms with E-state index in [2.05, 4.69) is 27.4 Å². The largest absolute Gasteiger partial charge is 0.477 e. The molecule has 2 aromatic heterocycles. The summed E-state index contributed by atoms with van der Waals surface area (Å²) in [5.74, 6) is 0.952. The molecule has 4 rings (SSSR count). The number of para-hydroxylation sites is 1. The average Bonchev–Trinajstić information content (AvgIpc) is 3.16. The molecule has 2 N–H and O–H groups in total. The molecule has 0 bridgehead atoms. The number of H-pyrrole nitrogens is 1. The van der Waals surface area contributed by atoms with Gasteiger partial charge in [-0.3, -0.25) is 4.79 Å². The molecule has 0 aliphatic carbocycles. The van der Waals surface area contributed by atoms with Crippen LogP contribution >= 0.6 is 0 Å². The number of nitrogens with one attached hydrogen (secondary N) is 2. The minimum atomic E-state index is -0.122. The molecule has 6 heteroatoms. The lowest BCUT2D eigenvalue weighted by atomic mass is 10.0. The summed E-state index contributed by atoms with van der Waals surface area (Å²) in [6.07, 6.45) is 6.40. The number of carbonyl (C=O) groups is 1. The zero-order valence-electron chi connectivity index (χ0n) is 15.8. The second-order valence-corrected chi connectivity index (χ2v) is 7.12. The van der Waals surface area contributed by atoms with Gasteiger partial charge in [0, 0.05) is 49.1 Å². The van der Waals surface area contributed by atoms with Crippen LogP contribution in [0.4, 0.5) is 0 Å². The number of aromatic nitrogens is 2. The van der Waals surface area contributed by atoms with Crippen molar-refractivity contribution in [3.63, 3.8) is 0 Å². The van der Waals surface area contributed by atoms with E-state index in [0.29, 0.717) is 30.5 Å². The van der Waals surface area contributed by atoms with Crippen LogP contribution < -0.4 is 10.1 Å². The first-order chi connectivity index (χ1) is 13.8. The predicted octanol–water partition coefficient (Wildman–Crippen LogP) is 3.34. The summed E-state index contributed by atoms with van der Waals surface area (Å²) in [6, 6.07) is 11.7. The van der Waals surface area contributed by atoms with Crippen molar-refractivity contribution in [1.29, 1.82) is 0 Å². The number of pyridine rings is 1. The molecule has 1 amide bonds. The third-order valence-electron chi connectivity index (χ3n) is 5.16. The molecule has 1 aliphatic rings. The fraction of sp³-hybridized carbons (Fsp3) is 0.364. The first kappa shape index (κ1) is 18.5. The van der Waals surface area contributed by atoms with Gasteiger partial charge in [0.2, 0.25) is 5.88 Å². The van der Waals surface area contributed by atoms with Gasteiger partial charge in [0.15, 0.2) is 0 Å². The standard InChI is InChI=1S/C22H25N3O3/c26-22(23-10-7-17-13-24-20-4-2-1-3-19(17)20)18-5-6-21(25-14-18)28-15-16-8-11-27-12-9-16/h1-6,13-14,16,24H,7-12,15H2,(H,23,26). The van der Waals surface area contributed by atoms with Crippen LogP contribution in [0.25, 0.3) is 10.9 Å². The smallest absolute Gasteiger partial charge is 0.252 e.